The molecule has 1 amide bonds. The number of carboxylic acid groups (broad SMARTS) is 1. The lowest BCUT2D eigenvalue weighted by molar-refractivity contribution is -0.161. The third-order valence-corrected chi connectivity index (χ3v) is 5.24. The highest BCUT2D eigenvalue weighted by molar-refractivity contribution is 6.33. The fourth-order valence-corrected chi connectivity index (χ4v) is 3.59. The number of nitrogens with zero attached hydrogens (tertiary/aromatic N) is 1. The highest BCUT2D eigenvalue weighted by atomic mass is 35.5. The number of aliphatic hydroxyl groups is 1. The van der Waals surface area contributed by atoms with E-state index in [0.29, 0.717) is 10.8 Å². The van der Waals surface area contributed by atoms with E-state index in [4.69, 9.17) is 16.3 Å². The molecular formula is C24H23ClN2O5. The van der Waals surface area contributed by atoms with Crippen molar-refractivity contribution in [2.24, 2.45) is 0 Å². The number of carboxylic acids is 1. The molecule has 0 radical (unpaired) electrons. The Labute approximate surface area is 190 Å². The second-order valence-corrected chi connectivity index (χ2v) is 7.78. The van der Waals surface area contributed by atoms with Crippen molar-refractivity contribution in [2.75, 3.05) is 6.61 Å². The first-order valence-corrected chi connectivity index (χ1v) is 10.3. The van der Waals surface area contributed by atoms with E-state index in [1.807, 2.05) is 18.2 Å². The Balaban J connectivity index is 1.67. The highest BCUT2D eigenvalue weighted by Crippen LogP contribution is 2.32. The zero-order chi connectivity index (χ0) is 23.1. The summed E-state index contributed by atoms with van der Waals surface area (Å²) < 4.78 is 5.33. The number of halogens is 1. The lowest BCUT2D eigenvalue weighted by Gasteiger charge is -2.28. The van der Waals surface area contributed by atoms with Gasteiger partial charge >= 0.3 is 5.97 Å². The number of carbonyl (C=O) groups is 2. The summed E-state index contributed by atoms with van der Waals surface area (Å²) in [5.74, 6) is -1.41. The maximum absolute atomic E-state index is 12.2. The third kappa shape index (κ3) is 5.63. The highest BCUT2D eigenvalue weighted by Gasteiger charge is 2.39. The average molecular weight is 455 g/mol. The lowest BCUT2D eigenvalue weighted by Crippen LogP contribution is -2.45. The Morgan fingerprint density at radius 3 is 2.47 bits per heavy atom. The molecule has 0 saturated heterocycles. The summed E-state index contributed by atoms with van der Waals surface area (Å²) in [6, 6.07) is 16.5. The number of benzene rings is 2. The molecule has 0 spiro atoms. The van der Waals surface area contributed by atoms with Gasteiger partial charge in [0.15, 0.2) is 12.2 Å². The predicted octanol–water partition coefficient (Wildman–Crippen LogP) is 3.65. The van der Waals surface area contributed by atoms with E-state index in [-0.39, 0.29) is 18.6 Å². The first kappa shape index (κ1) is 23.2. The van der Waals surface area contributed by atoms with Gasteiger partial charge in [0.1, 0.15) is 5.75 Å². The molecule has 2 unspecified atom stereocenters. The monoisotopic (exact) mass is 454 g/mol. The van der Waals surface area contributed by atoms with Gasteiger partial charge < -0.3 is 20.3 Å². The zero-order valence-corrected chi connectivity index (χ0v) is 18.1. The first-order valence-electron chi connectivity index (χ1n) is 9.93. The minimum atomic E-state index is -2.18. The summed E-state index contributed by atoms with van der Waals surface area (Å²) in [5, 5.41) is 23.9. The van der Waals surface area contributed by atoms with Crippen LogP contribution in [0.5, 0.6) is 5.75 Å². The van der Waals surface area contributed by atoms with Crippen LogP contribution in [0.4, 0.5) is 0 Å². The van der Waals surface area contributed by atoms with E-state index in [1.54, 1.807) is 55.6 Å². The van der Waals surface area contributed by atoms with Gasteiger partial charge in [-0.1, -0.05) is 54.1 Å². The number of ether oxygens (including phenoxy) is 1. The van der Waals surface area contributed by atoms with Crippen LogP contribution in [0.3, 0.4) is 0 Å². The average Bonchev–Trinajstić information content (AvgIpc) is 2.78. The Bertz CT molecular complexity index is 1080. The summed E-state index contributed by atoms with van der Waals surface area (Å²) in [6.45, 7) is 1.36. The first-order chi connectivity index (χ1) is 15.3. The van der Waals surface area contributed by atoms with Crippen molar-refractivity contribution in [1.29, 1.82) is 0 Å². The third-order valence-electron chi connectivity index (χ3n) is 4.91. The predicted molar refractivity (Wildman–Crippen MR) is 120 cm³/mol. The molecule has 1 aromatic heterocycles. The van der Waals surface area contributed by atoms with Crippen LogP contribution >= 0.6 is 11.6 Å². The largest absolute Gasteiger partial charge is 0.482 e. The van der Waals surface area contributed by atoms with Gasteiger partial charge in [-0.2, -0.15) is 0 Å². The van der Waals surface area contributed by atoms with Gasteiger partial charge in [0, 0.05) is 29.2 Å². The van der Waals surface area contributed by atoms with E-state index in [1.165, 1.54) is 6.20 Å². The van der Waals surface area contributed by atoms with Gasteiger partial charge in [0.25, 0.3) is 5.91 Å². The number of hydrogen-bond acceptors (Lipinski definition) is 5. The molecule has 8 heteroatoms. The lowest BCUT2D eigenvalue weighted by atomic mass is 9.86. The number of aliphatic carboxylic acids is 1. The number of hydrogen-bond donors (Lipinski definition) is 3. The molecule has 3 rings (SSSR count). The second kappa shape index (κ2) is 10.3. The van der Waals surface area contributed by atoms with Crippen molar-refractivity contribution in [1.82, 2.24) is 10.3 Å². The van der Waals surface area contributed by atoms with Crippen molar-refractivity contribution >= 4 is 23.5 Å². The Kier molecular flexibility index (Phi) is 7.45. The van der Waals surface area contributed by atoms with Crippen LogP contribution in [0.1, 0.15) is 18.9 Å². The number of amides is 1. The molecule has 0 bridgehead atoms. The second-order valence-electron chi connectivity index (χ2n) is 7.37. The fourth-order valence-electron chi connectivity index (χ4n) is 3.34. The van der Waals surface area contributed by atoms with Crippen LogP contribution in [-0.4, -0.2) is 39.7 Å². The number of carbonyl (C=O) groups excluding carboxylic acids is 1. The molecule has 1 heterocycles. The summed E-state index contributed by atoms with van der Waals surface area (Å²) >= 11 is 6.22. The molecule has 0 aliphatic rings. The van der Waals surface area contributed by atoms with Gasteiger partial charge in [0.05, 0.1) is 6.20 Å². The SMILES string of the molecule is CC(CC(O)(C(=O)O)c1ccc(-c2ccccc2Cl)cc1)NC(=O)COc1cccnc1. The van der Waals surface area contributed by atoms with Crippen LogP contribution in [0.15, 0.2) is 73.1 Å². The van der Waals surface area contributed by atoms with Crippen molar-refractivity contribution in [3.8, 4) is 16.9 Å². The van der Waals surface area contributed by atoms with Crippen molar-refractivity contribution in [3.63, 3.8) is 0 Å². The van der Waals surface area contributed by atoms with E-state index in [9.17, 15) is 19.8 Å². The number of pyridine rings is 1. The minimum Gasteiger partial charge on any atom is -0.482 e. The summed E-state index contributed by atoms with van der Waals surface area (Å²) in [4.78, 5) is 28.0. The molecule has 3 aromatic rings. The quantitative estimate of drug-likeness (QED) is 0.455. The molecular weight excluding hydrogens is 432 g/mol. The smallest absolute Gasteiger partial charge is 0.340 e. The van der Waals surface area contributed by atoms with Gasteiger partial charge in [-0.25, -0.2) is 4.79 Å². The topological polar surface area (TPSA) is 109 Å². The molecule has 2 atom stereocenters. The van der Waals surface area contributed by atoms with E-state index < -0.39 is 23.5 Å². The maximum Gasteiger partial charge on any atom is 0.340 e. The zero-order valence-electron chi connectivity index (χ0n) is 17.4. The summed E-state index contributed by atoms with van der Waals surface area (Å²) in [6.07, 6.45) is 2.83. The van der Waals surface area contributed by atoms with E-state index in [0.717, 1.165) is 11.1 Å². The van der Waals surface area contributed by atoms with Crippen molar-refractivity contribution < 1.29 is 24.5 Å². The molecule has 0 aliphatic carbocycles. The van der Waals surface area contributed by atoms with Crippen LogP contribution in [0, 0.1) is 0 Å². The molecule has 7 nitrogen and oxygen atoms in total. The Morgan fingerprint density at radius 1 is 1.12 bits per heavy atom. The Hall–Kier alpha value is -3.42. The molecule has 0 saturated carbocycles. The van der Waals surface area contributed by atoms with Crippen LogP contribution < -0.4 is 10.1 Å². The van der Waals surface area contributed by atoms with Gasteiger partial charge in [-0.15, -0.1) is 0 Å². The molecule has 2 aromatic carbocycles. The van der Waals surface area contributed by atoms with Crippen LogP contribution in [0.2, 0.25) is 5.02 Å². The molecule has 0 aliphatic heterocycles. The van der Waals surface area contributed by atoms with Gasteiger partial charge in [-0.3, -0.25) is 9.78 Å². The van der Waals surface area contributed by atoms with Crippen LogP contribution in [0.25, 0.3) is 11.1 Å². The van der Waals surface area contributed by atoms with Crippen molar-refractivity contribution in [3.05, 3.63) is 83.6 Å². The minimum absolute atomic E-state index is 0.202. The standard InChI is InChI=1S/C24H23ClN2O5/c1-16(27-22(28)15-32-19-5-4-12-26-14-19)13-24(31,23(29)30)18-10-8-17(9-11-18)20-6-2-3-7-21(20)25/h2-12,14,16,31H,13,15H2,1H3,(H,27,28)(H,29,30). The van der Waals surface area contributed by atoms with E-state index in [2.05, 4.69) is 10.3 Å². The number of nitrogens with one attached hydrogen (secondary N) is 1. The fraction of sp³-hybridized carbons (Fsp3) is 0.208. The maximum atomic E-state index is 12.2. The molecule has 166 valence electrons. The van der Waals surface area contributed by atoms with Crippen LogP contribution in [-0.2, 0) is 15.2 Å². The molecule has 32 heavy (non-hydrogen) atoms. The normalized spacial score (nSPS) is 13.6. The van der Waals surface area contributed by atoms with Crippen molar-refractivity contribution in [2.45, 2.75) is 25.0 Å². The molecule has 0 fully saturated rings. The van der Waals surface area contributed by atoms with Gasteiger partial charge in [0.2, 0.25) is 0 Å². The molecule has 3 N–H and O–H groups in total. The Morgan fingerprint density at radius 2 is 1.84 bits per heavy atom. The summed E-state index contributed by atoms with van der Waals surface area (Å²) in [7, 11) is 0. The van der Waals surface area contributed by atoms with Gasteiger partial charge in [-0.05, 0) is 36.2 Å². The number of aromatic nitrogens is 1. The van der Waals surface area contributed by atoms with E-state index >= 15 is 0 Å². The summed E-state index contributed by atoms with van der Waals surface area (Å²) in [5.41, 5.74) is -0.390. The number of rotatable bonds is 9.